The van der Waals surface area contributed by atoms with E-state index in [0.717, 1.165) is 31.5 Å². The van der Waals surface area contributed by atoms with E-state index in [-0.39, 0.29) is 5.78 Å². The van der Waals surface area contributed by atoms with Gasteiger partial charge in [-0.1, -0.05) is 29.8 Å². The minimum Gasteiger partial charge on any atom is -0.316 e. The van der Waals surface area contributed by atoms with Gasteiger partial charge in [-0.15, -0.1) is 0 Å². The molecule has 0 spiro atoms. The fourth-order valence-electron chi connectivity index (χ4n) is 2.26. The van der Waals surface area contributed by atoms with Crippen molar-refractivity contribution in [3.8, 4) is 0 Å². The van der Waals surface area contributed by atoms with E-state index in [0.29, 0.717) is 0 Å². The highest BCUT2D eigenvalue weighted by Gasteiger charge is 2.09. The molecule has 1 fully saturated rings. The number of allylic oxidation sites excluding steroid dienone is 1. The first-order chi connectivity index (χ1) is 8.18. The molecule has 0 bridgehead atoms. The molecule has 0 aromatic heterocycles. The lowest BCUT2D eigenvalue weighted by atomic mass is 9.94. The van der Waals surface area contributed by atoms with Crippen LogP contribution in [0.3, 0.4) is 0 Å². The highest BCUT2D eigenvalue weighted by Crippen LogP contribution is 2.24. The van der Waals surface area contributed by atoms with E-state index >= 15 is 0 Å². The topological polar surface area (TPSA) is 29.1 Å². The molecule has 1 aliphatic rings. The molecule has 17 heavy (non-hydrogen) atoms. The van der Waals surface area contributed by atoms with Gasteiger partial charge in [0.2, 0.25) is 0 Å². The first-order valence-corrected chi connectivity index (χ1v) is 6.19. The Labute approximate surface area is 103 Å². The minimum atomic E-state index is 0.128. The number of piperidine rings is 1. The van der Waals surface area contributed by atoms with Crippen molar-refractivity contribution in [2.75, 3.05) is 13.1 Å². The van der Waals surface area contributed by atoms with Gasteiger partial charge in [0.15, 0.2) is 5.78 Å². The van der Waals surface area contributed by atoms with Crippen LogP contribution in [0.2, 0.25) is 0 Å². The van der Waals surface area contributed by atoms with Gasteiger partial charge in [0.25, 0.3) is 0 Å². The number of hydrogen-bond acceptors (Lipinski definition) is 2. The number of ketones is 1. The molecule has 1 N–H and O–H groups in total. The first-order valence-electron chi connectivity index (χ1n) is 6.19. The number of carbonyl (C=O) groups is 1. The lowest BCUT2D eigenvalue weighted by molar-refractivity contribution is 0.101. The average Bonchev–Trinajstić information content (AvgIpc) is 2.39. The second-order valence-electron chi connectivity index (χ2n) is 4.61. The highest BCUT2D eigenvalue weighted by molar-refractivity contribution is 5.94. The van der Waals surface area contributed by atoms with E-state index in [9.17, 15) is 4.79 Å². The molecule has 0 amide bonds. The van der Waals surface area contributed by atoms with E-state index in [1.165, 1.54) is 11.1 Å². The quantitative estimate of drug-likeness (QED) is 0.790. The zero-order chi connectivity index (χ0) is 12.3. The third-order valence-electron chi connectivity index (χ3n) is 3.46. The summed E-state index contributed by atoms with van der Waals surface area (Å²) in [5.74, 6) is 0.128. The normalized spacial score (nSPS) is 15.8. The van der Waals surface area contributed by atoms with Crippen LogP contribution >= 0.6 is 0 Å². The molecular formula is C15H19NO. The maximum atomic E-state index is 11.2. The molecule has 2 nitrogen and oxygen atoms in total. The minimum absolute atomic E-state index is 0.128. The van der Waals surface area contributed by atoms with Crippen molar-refractivity contribution in [3.63, 3.8) is 0 Å². The smallest absolute Gasteiger partial charge is 0.159 e. The number of rotatable bonds is 2. The van der Waals surface area contributed by atoms with Gasteiger partial charge in [0, 0.05) is 5.56 Å². The molecule has 0 radical (unpaired) electrons. The first kappa shape index (κ1) is 12.1. The lowest BCUT2D eigenvalue weighted by Crippen LogP contribution is -2.23. The van der Waals surface area contributed by atoms with Crippen LogP contribution in [0.5, 0.6) is 0 Å². The summed E-state index contributed by atoms with van der Waals surface area (Å²) in [6.07, 6.45) is 2.28. The summed E-state index contributed by atoms with van der Waals surface area (Å²) in [4.78, 5) is 11.2. The Balaban J connectivity index is 2.24. The number of nitrogens with one attached hydrogen (secondary N) is 1. The van der Waals surface area contributed by atoms with E-state index in [2.05, 4.69) is 24.4 Å². The summed E-state index contributed by atoms with van der Waals surface area (Å²) in [6, 6.07) is 7.95. The van der Waals surface area contributed by atoms with Gasteiger partial charge < -0.3 is 5.32 Å². The van der Waals surface area contributed by atoms with Crippen molar-refractivity contribution in [3.05, 3.63) is 41.0 Å². The Morgan fingerprint density at radius 1 is 1.00 bits per heavy atom. The number of carbonyl (C=O) groups excluding carboxylic acids is 1. The standard InChI is InChI=1S/C15H19NO/c1-11(14-7-9-16-10-8-14)13-3-5-15(6-4-13)12(2)17/h3-6,16H,7-10H2,1-2H3. The SMILES string of the molecule is CC(=O)c1ccc(C(C)=C2CCNCC2)cc1. The predicted molar refractivity (Wildman–Crippen MR) is 71.1 cm³/mol. The molecule has 0 aliphatic carbocycles. The number of hydrogen-bond donors (Lipinski definition) is 1. The summed E-state index contributed by atoms with van der Waals surface area (Å²) >= 11 is 0. The molecule has 1 aromatic rings. The molecule has 2 rings (SSSR count). The van der Waals surface area contributed by atoms with Gasteiger partial charge in [-0.2, -0.15) is 0 Å². The molecule has 1 aromatic carbocycles. The molecule has 1 saturated heterocycles. The fraction of sp³-hybridized carbons (Fsp3) is 0.400. The Morgan fingerprint density at radius 2 is 1.53 bits per heavy atom. The van der Waals surface area contributed by atoms with Gasteiger partial charge >= 0.3 is 0 Å². The van der Waals surface area contributed by atoms with Gasteiger partial charge in [0.05, 0.1) is 0 Å². The highest BCUT2D eigenvalue weighted by atomic mass is 16.1. The van der Waals surface area contributed by atoms with Crippen molar-refractivity contribution in [1.29, 1.82) is 0 Å². The maximum Gasteiger partial charge on any atom is 0.159 e. The van der Waals surface area contributed by atoms with Crippen LogP contribution in [0.4, 0.5) is 0 Å². The number of benzene rings is 1. The third kappa shape index (κ3) is 2.83. The van der Waals surface area contributed by atoms with Crippen molar-refractivity contribution in [1.82, 2.24) is 5.32 Å². The van der Waals surface area contributed by atoms with Crippen LogP contribution < -0.4 is 5.32 Å². The van der Waals surface area contributed by atoms with Crippen LogP contribution in [-0.2, 0) is 0 Å². The molecule has 0 saturated carbocycles. The van der Waals surface area contributed by atoms with Crippen LogP contribution in [0.1, 0.15) is 42.6 Å². The van der Waals surface area contributed by atoms with Crippen LogP contribution in [-0.4, -0.2) is 18.9 Å². The Morgan fingerprint density at radius 3 is 2.06 bits per heavy atom. The monoisotopic (exact) mass is 229 g/mol. The van der Waals surface area contributed by atoms with Crippen LogP contribution in [0, 0.1) is 0 Å². The van der Waals surface area contributed by atoms with E-state index < -0.39 is 0 Å². The number of Topliss-reactive ketones (excluding diaryl/α,β-unsaturated/α-hetero) is 1. The van der Waals surface area contributed by atoms with Crippen LogP contribution in [0.15, 0.2) is 29.8 Å². The van der Waals surface area contributed by atoms with E-state index in [4.69, 9.17) is 0 Å². The zero-order valence-corrected chi connectivity index (χ0v) is 10.5. The molecule has 0 unspecified atom stereocenters. The summed E-state index contributed by atoms with van der Waals surface area (Å²) < 4.78 is 0. The van der Waals surface area contributed by atoms with Gasteiger partial charge in [-0.05, 0) is 50.9 Å². The average molecular weight is 229 g/mol. The van der Waals surface area contributed by atoms with Gasteiger partial charge in [0.1, 0.15) is 0 Å². The van der Waals surface area contributed by atoms with E-state index in [1.807, 2.05) is 12.1 Å². The van der Waals surface area contributed by atoms with Crippen molar-refractivity contribution >= 4 is 11.4 Å². The van der Waals surface area contributed by atoms with E-state index in [1.54, 1.807) is 12.5 Å². The second-order valence-corrected chi connectivity index (χ2v) is 4.61. The molecular weight excluding hydrogens is 210 g/mol. The summed E-state index contributed by atoms with van der Waals surface area (Å²) in [6.45, 7) is 5.95. The third-order valence-corrected chi connectivity index (χ3v) is 3.46. The second kappa shape index (κ2) is 5.28. The van der Waals surface area contributed by atoms with Crippen LogP contribution in [0.25, 0.3) is 5.57 Å². The summed E-state index contributed by atoms with van der Waals surface area (Å²) in [5, 5.41) is 3.37. The predicted octanol–water partition coefficient (Wildman–Crippen LogP) is 3.05. The molecule has 1 aliphatic heterocycles. The molecule has 2 heteroatoms. The lowest BCUT2D eigenvalue weighted by Gasteiger charge is -2.18. The van der Waals surface area contributed by atoms with Crippen molar-refractivity contribution < 1.29 is 4.79 Å². The van der Waals surface area contributed by atoms with Gasteiger partial charge in [-0.3, -0.25) is 4.79 Å². The van der Waals surface area contributed by atoms with Gasteiger partial charge in [-0.25, -0.2) is 0 Å². The van der Waals surface area contributed by atoms with Crippen molar-refractivity contribution in [2.45, 2.75) is 26.7 Å². The molecule has 90 valence electrons. The fourth-order valence-corrected chi connectivity index (χ4v) is 2.26. The molecule has 1 heterocycles. The summed E-state index contributed by atoms with van der Waals surface area (Å²) in [5.41, 5.74) is 4.95. The Hall–Kier alpha value is -1.41. The largest absolute Gasteiger partial charge is 0.316 e. The molecule has 0 atom stereocenters. The maximum absolute atomic E-state index is 11.2. The Bertz CT molecular complexity index is 434. The Kier molecular flexibility index (Phi) is 3.75. The zero-order valence-electron chi connectivity index (χ0n) is 10.5. The van der Waals surface area contributed by atoms with Crippen molar-refractivity contribution in [2.24, 2.45) is 0 Å². The summed E-state index contributed by atoms with van der Waals surface area (Å²) in [7, 11) is 0.